The van der Waals surface area contributed by atoms with Crippen LogP contribution in [0.5, 0.6) is 0 Å². The first kappa shape index (κ1) is 13.6. The van der Waals surface area contributed by atoms with Gasteiger partial charge in [0.05, 0.1) is 18.3 Å². The number of thioether (sulfide) groups is 1. The van der Waals surface area contributed by atoms with Crippen LogP contribution < -0.4 is 10.6 Å². The van der Waals surface area contributed by atoms with E-state index in [-0.39, 0.29) is 11.9 Å². The number of nitrogens with zero attached hydrogens (tertiary/aromatic N) is 1. The van der Waals surface area contributed by atoms with Gasteiger partial charge in [0.2, 0.25) is 5.91 Å². The fraction of sp³-hybridized carbons (Fsp3) is 0.286. The van der Waals surface area contributed by atoms with Crippen molar-refractivity contribution in [2.45, 2.75) is 12.6 Å². The molecule has 1 unspecified atom stereocenters. The molecule has 1 atom stereocenters. The van der Waals surface area contributed by atoms with E-state index in [2.05, 4.69) is 15.6 Å². The first-order valence-corrected chi connectivity index (χ1v) is 8.45. The molecule has 6 heteroatoms. The van der Waals surface area contributed by atoms with Gasteiger partial charge in [0.15, 0.2) is 0 Å². The Kier molecular flexibility index (Phi) is 4.34. The third-order valence-corrected chi connectivity index (χ3v) is 4.93. The van der Waals surface area contributed by atoms with Gasteiger partial charge in [-0.15, -0.1) is 23.1 Å². The molecule has 0 radical (unpaired) electrons. The number of nitrogens with one attached hydrogen (secondary N) is 2. The lowest BCUT2D eigenvalue weighted by atomic mass is 10.2. The summed E-state index contributed by atoms with van der Waals surface area (Å²) < 4.78 is 0. The van der Waals surface area contributed by atoms with Gasteiger partial charge in [-0.3, -0.25) is 10.1 Å². The molecule has 0 bridgehead atoms. The molecule has 2 heterocycles. The number of rotatable bonds is 4. The maximum Gasteiger partial charge on any atom is 0.238 e. The Bertz CT molecular complexity index is 579. The SMILES string of the molecule is O=C(NCc1csc(-c2ccccc2)n1)C1CSCN1. The second-order valence-corrected chi connectivity index (χ2v) is 6.39. The third kappa shape index (κ3) is 3.20. The number of amides is 1. The van der Waals surface area contributed by atoms with Crippen LogP contribution in [0.3, 0.4) is 0 Å². The summed E-state index contributed by atoms with van der Waals surface area (Å²) >= 11 is 3.35. The van der Waals surface area contributed by atoms with Crippen LogP contribution in [-0.4, -0.2) is 28.6 Å². The van der Waals surface area contributed by atoms with E-state index in [4.69, 9.17) is 0 Å². The minimum absolute atomic E-state index is 0.0595. The van der Waals surface area contributed by atoms with E-state index in [9.17, 15) is 4.79 Å². The second kappa shape index (κ2) is 6.39. The third-order valence-electron chi connectivity index (χ3n) is 3.05. The Balaban J connectivity index is 1.59. The van der Waals surface area contributed by atoms with Crippen LogP contribution in [-0.2, 0) is 11.3 Å². The standard InChI is InChI=1S/C14H15N3OS2/c18-13(12-8-19-9-16-12)15-6-11-7-20-14(17-11)10-4-2-1-3-5-10/h1-5,7,12,16H,6,8-9H2,(H,15,18). The molecule has 1 aliphatic heterocycles. The monoisotopic (exact) mass is 305 g/mol. The minimum Gasteiger partial charge on any atom is -0.349 e. The van der Waals surface area contributed by atoms with E-state index in [1.54, 1.807) is 23.1 Å². The van der Waals surface area contributed by atoms with Crippen LogP contribution in [0.15, 0.2) is 35.7 Å². The molecule has 1 aromatic carbocycles. The van der Waals surface area contributed by atoms with Crippen molar-refractivity contribution in [3.63, 3.8) is 0 Å². The van der Waals surface area contributed by atoms with Gasteiger partial charge in [-0.25, -0.2) is 4.98 Å². The average Bonchev–Trinajstić information content (AvgIpc) is 3.17. The van der Waals surface area contributed by atoms with E-state index in [1.165, 1.54) is 0 Å². The molecule has 1 aliphatic rings. The zero-order valence-electron chi connectivity index (χ0n) is 10.8. The summed E-state index contributed by atoms with van der Waals surface area (Å²) in [7, 11) is 0. The smallest absolute Gasteiger partial charge is 0.238 e. The minimum atomic E-state index is -0.0628. The predicted molar refractivity (Wildman–Crippen MR) is 83.6 cm³/mol. The molecule has 1 aromatic heterocycles. The van der Waals surface area contributed by atoms with Gasteiger partial charge in [-0.2, -0.15) is 0 Å². The van der Waals surface area contributed by atoms with E-state index in [0.717, 1.165) is 27.9 Å². The topological polar surface area (TPSA) is 54.0 Å². The molecular weight excluding hydrogens is 290 g/mol. The summed E-state index contributed by atoms with van der Waals surface area (Å²) in [4.78, 5) is 16.4. The number of hydrogen-bond acceptors (Lipinski definition) is 5. The van der Waals surface area contributed by atoms with Gasteiger partial charge in [0.1, 0.15) is 5.01 Å². The van der Waals surface area contributed by atoms with E-state index in [0.29, 0.717) is 6.54 Å². The van der Waals surface area contributed by atoms with Crippen LogP contribution in [0, 0.1) is 0 Å². The lowest BCUT2D eigenvalue weighted by Crippen LogP contribution is -2.41. The highest BCUT2D eigenvalue weighted by Crippen LogP contribution is 2.23. The van der Waals surface area contributed by atoms with Crippen molar-refractivity contribution in [2.75, 3.05) is 11.6 Å². The maximum atomic E-state index is 11.9. The van der Waals surface area contributed by atoms with Crippen LogP contribution in [0.4, 0.5) is 0 Å². The fourth-order valence-corrected chi connectivity index (χ4v) is 3.73. The fourth-order valence-electron chi connectivity index (χ4n) is 1.97. The zero-order chi connectivity index (χ0) is 13.8. The Labute approximate surface area is 126 Å². The molecule has 20 heavy (non-hydrogen) atoms. The van der Waals surface area contributed by atoms with Gasteiger partial charge >= 0.3 is 0 Å². The maximum absolute atomic E-state index is 11.9. The van der Waals surface area contributed by atoms with Gasteiger partial charge in [0, 0.05) is 22.6 Å². The second-order valence-electron chi connectivity index (χ2n) is 4.50. The summed E-state index contributed by atoms with van der Waals surface area (Å²) in [6, 6.07) is 10.0. The molecule has 1 amide bonds. The highest BCUT2D eigenvalue weighted by Gasteiger charge is 2.22. The van der Waals surface area contributed by atoms with Crippen molar-refractivity contribution in [1.29, 1.82) is 0 Å². The number of thiazole rings is 1. The molecule has 4 nitrogen and oxygen atoms in total. The van der Waals surface area contributed by atoms with Crippen molar-refractivity contribution >= 4 is 29.0 Å². The zero-order valence-corrected chi connectivity index (χ0v) is 12.5. The van der Waals surface area contributed by atoms with Crippen LogP contribution in [0.1, 0.15) is 5.69 Å². The molecule has 3 rings (SSSR count). The quantitative estimate of drug-likeness (QED) is 0.908. The first-order chi connectivity index (χ1) is 9.83. The van der Waals surface area contributed by atoms with E-state index < -0.39 is 0 Å². The van der Waals surface area contributed by atoms with Gasteiger partial charge < -0.3 is 5.32 Å². The molecule has 104 valence electrons. The number of aromatic nitrogens is 1. The van der Waals surface area contributed by atoms with Gasteiger partial charge in [-0.05, 0) is 0 Å². The van der Waals surface area contributed by atoms with Crippen molar-refractivity contribution < 1.29 is 4.79 Å². The van der Waals surface area contributed by atoms with Crippen LogP contribution >= 0.6 is 23.1 Å². The van der Waals surface area contributed by atoms with E-state index in [1.807, 2.05) is 35.7 Å². The Hall–Kier alpha value is -1.37. The largest absolute Gasteiger partial charge is 0.349 e. The van der Waals surface area contributed by atoms with E-state index >= 15 is 0 Å². The highest BCUT2D eigenvalue weighted by molar-refractivity contribution is 7.99. The molecular formula is C14H15N3OS2. The Morgan fingerprint density at radius 2 is 2.25 bits per heavy atom. The summed E-state index contributed by atoms with van der Waals surface area (Å²) in [6.07, 6.45) is 0. The van der Waals surface area contributed by atoms with Gasteiger partial charge in [0.25, 0.3) is 0 Å². The van der Waals surface area contributed by atoms with Crippen LogP contribution in [0.25, 0.3) is 10.6 Å². The molecule has 0 saturated carbocycles. The highest BCUT2D eigenvalue weighted by atomic mass is 32.2. The lowest BCUT2D eigenvalue weighted by Gasteiger charge is -2.08. The van der Waals surface area contributed by atoms with Crippen LogP contribution in [0.2, 0.25) is 0 Å². The molecule has 1 fully saturated rings. The first-order valence-electron chi connectivity index (χ1n) is 6.41. The average molecular weight is 305 g/mol. The molecule has 1 saturated heterocycles. The Morgan fingerprint density at radius 1 is 1.40 bits per heavy atom. The van der Waals surface area contributed by atoms with Crippen molar-refractivity contribution in [2.24, 2.45) is 0 Å². The normalized spacial score (nSPS) is 18.1. The van der Waals surface area contributed by atoms with Crippen molar-refractivity contribution in [3.05, 3.63) is 41.4 Å². The molecule has 0 spiro atoms. The Morgan fingerprint density at radius 3 is 3.00 bits per heavy atom. The predicted octanol–water partition coefficient (Wildman–Crippen LogP) is 2.09. The van der Waals surface area contributed by atoms with Crippen molar-refractivity contribution in [3.8, 4) is 10.6 Å². The van der Waals surface area contributed by atoms with Gasteiger partial charge in [-0.1, -0.05) is 30.3 Å². The summed E-state index contributed by atoms with van der Waals surface area (Å²) in [5, 5.41) is 9.08. The number of carbonyl (C=O) groups is 1. The van der Waals surface area contributed by atoms with Crippen molar-refractivity contribution in [1.82, 2.24) is 15.6 Å². The molecule has 0 aliphatic carbocycles. The summed E-state index contributed by atoms with van der Waals surface area (Å²) in [5.41, 5.74) is 2.02. The number of hydrogen-bond donors (Lipinski definition) is 2. The molecule has 2 aromatic rings. The number of benzene rings is 1. The summed E-state index contributed by atoms with van der Waals surface area (Å²) in [5.74, 6) is 1.76. The summed E-state index contributed by atoms with van der Waals surface area (Å²) in [6.45, 7) is 0.491. The lowest BCUT2D eigenvalue weighted by molar-refractivity contribution is -0.122. The molecule has 2 N–H and O–H groups in total. The number of carbonyl (C=O) groups excluding carboxylic acids is 1.